The topological polar surface area (TPSA) is 137 Å². The van der Waals surface area contributed by atoms with Crippen LogP contribution in [0, 0.1) is 13.8 Å². The third-order valence-electron chi connectivity index (χ3n) is 10.7. The molecule has 1 aromatic rings. The summed E-state index contributed by atoms with van der Waals surface area (Å²) in [7, 11) is 1.10. The molecule has 60 heavy (non-hydrogen) atoms. The summed E-state index contributed by atoms with van der Waals surface area (Å²) in [6.07, 6.45) is 33.4. The van der Waals surface area contributed by atoms with Crippen LogP contribution in [0.1, 0.15) is 165 Å². The number of epoxide rings is 1. The van der Waals surface area contributed by atoms with Gasteiger partial charge in [0.2, 0.25) is 0 Å². The van der Waals surface area contributed by atoms with Gasteiger partial charge in [-0.1, -0.05) is 102 Å². The smallest absolute Gasteiger partial charge is 0.306 e. The van der Waals surface area contributed by atoms with Gasteiger partial charge < -0.3 is 37.1 Å². The van der Waals surface area contributed by atoms with E-state index < -0.39 is 32.5 Å². The second-order valence-corrected chi connectivity index (χ2v) is 18.8. The molecule has 0 amide bonds. The summed E-state index contributed by atoms with van der Waals surface area (Å²) in [5.74, 6) is 1.35. The van der Waals surface area contributed by atoms with Crippen molar-refractivity contribution >= 4 is 19.8 Å². The van der Waals surface area contributed by atoms with Gasteiger partial charge in [0, 0.05) is 25.7 Å². The first-order chi connectivity index (χ1) is 28.7. The second kappa shape index (κ2) is 31.3. The van der Waals surface area contributed by atoms with E-state index in [0.717, 1.165) is 95.0 Å². The Hall–Kier alpha value is -2.53. The van der Waals surface area contributed by atoms with Crippen molar-refractivity contribution < 1.29 is 51.2 Å². The Balaban J connectivity index is 1.64. The highest BCUT2D eigenvalue weighted by molar-refractivity contribution is 7.45. The van der Waals surface area contributed by atoms with Crippen molar-refractivity contribution in [2.75, 3.05) is 47.5 Å². The van der Waals surface area contributed by atoms with E-state index in [2.05, 4.69) is 58.1 Å². The molecule has 4 atom stereocenters. The van der Waals surface area contributed by atoms with Gasteiger partial charge in [0.1, 0.15) is 31.3 Å². The molecule has 1 aromatic heterocycles. The van der Waals surface area contributed by atoms with E-state index in [1.807, 2.05) is 27.2 Å². The largest absolute Gasteiger partial charge is 0.756 e. The lowest BCUT2D eigenvalue weighted by atomic mass is 10.0. The molecule has 2 heterocycles. The average Bonchev–Trinajstić information content (AvgIpc) is 3.89. The molecule has 0 aromatic carbocycles. The van der Waals surface area contributed by atoms with E-state index in [-0.39, 0.29) is 26.1 Å². The number of likely N-dealkylation sites (N-methyl/N-ethyl adjacent to an activating group) is 1. The summed E-state index contributed by atoms with van der Waals surface area (Å²) >= 11 is 0. The molecule has 0 radical (unpaired) electrons. The fourth-order valence-corrected chi connectivity index (χ4v) is 7.46. The lowest BCUT2D eigenvalue weighted by Crippen LogP contribution is -2.37. The number of rotatable bonds is 37. The zero-order chi connectivity index (χ0) is 44.1. The highest BCUT2D eigenvalue weighted by Crippen LogP contribution is 2.38. The average molecular weight is 864 g/mol. The predicted molar refractivity (Wildman–Crippen MR) is 239 cm³/mol. The Morgan fingerprint density at radius 3 is 1.95 bits per heavy atom. The van der Waals surface area contributed by atoms with Crippen LogP contribution >= 0.6 is 7.82 Å². The minimum absolute atomic E-state index is 0.0497. The molecule has 0 bridgehead atoms. The van der Waals surface area contributed by atoms with Crippen LogP contribution in [0.4, 0.5) is 0 Å². The van der Waals surface area contributed by atoms with E-state index >= 15 is 0 Å². The number of nitrogens with zero attached hydrogens (tertiary/aromatic N) is 1. The predicted octanol–water partition coefficient (Wildman–Crippen LogP) is 10.9. The maximum Gasteiger partial charge on any atom is 0.306 e. The van der Waals surface area contributed by atoms with Gasteiger partial charge in [-0.05, 0) is 89.2 Å². The molecule has 0 spiro atoms. The fourth-order valence-electron chi connectivity index (χ4n) is 6.73. The van der Waals surface area contributed by atoms with Gasteiger partial charge in [0.25, 0.3) is 7.82 Å². The molecule has 1 fully saturated rings. The van der Waals surface area contributed by atoms with Gasteiger partial charge in [0.15, 0.2) is 6.10 Å². The highest BCUT2D eigenvalue weighted by Gasteiger charge is 2.36. The lowest BCUT2D eigenvalue weighted by molar-refractivity contribution is -0.870. The maximum atomic E-state index is 12.7. The molecule has 0 aliphatic carbocycles. The molecule has 0 saturated carbocycles. The van der Waals surface area contributed by atoms with Gasteiger partial charge >= 0.3 is 11.9 Å². The van der Waals surface area contributed by atoms with Crippen LogP contribution in [0.5, 0.6) is 0 Å². The number of ether oxygens (including phenoxy) is 3. The Bertz CT molecular complexity index is 1460. The van der Waals surface area contributed by atoms with E-state index in [4.69, 9.17) is 27.7 Å². The standard InChI is InChI=1S/C48H82NO10P/c1-8-10-11-12-20-26-32-45-46(59-45)33-27-22-17-15-19-23-28-34-47(50)54-38-42(39-56-60(52,53)55-37-36-49(5,6)7)57-48(51)35-29-24-18-14-13-16-21-25-31-44-41(4)40(3)43(58-44)30-9-2/h15,19-20,22,26-27,42,45-46H,8-14,16-18,21,23-25,28-39H2,1-7H3/b19-15-,26-20-,27-22-/t42-,45?,46?/m1/s1. The van der Waals surface area contributed by atoms with E-state index in [0.29, 0.717) is 36.1 Å². The Morgan fingerprint density at radius 2 is 1.28 bits per heavy atom. The van der Waals surface area contributed by atoms with Crippen LogP contribution in [0.3, 0.4) is 0 Å². The molecule has 12 heteroatoms. The van der Waals surface area contributed by atoms with Crippen molar-refractivity contribution in [3.05, 3.63) is 59.1 Å². The van der Waals surface area contributed by atoms with Crippen LogP contribution < -0.4 is 4.89 Å². The first-order valence-corrected chi connectivity index (χ1v) is 24.6. The third kappa shape index (κ3) is 26.7. The molecule has 11 nitrogen and oxygen atoms in total. The van der Waals surface area contributed by atoms with Crippen molar-refractivity contribution in [2.24, 2.45) is 0 Å². The van der Waals surface area contributed by atoms with Crippen LogP contribution in [-0.2, 0) is 50.3 Å². The molecule has 1 saturated heterocycles. The molecule has 344 valence electrons. The SMILES string of the molecule is CCCCC/C=C\CC1OC1C/C=C\C/C=C\CCCC(=O)OC[C@H](COP(=O)([O-])OCC[N+](C)(C)C)OC(=O)CCCCCCCCCCc1oc(CCC)c(C)c1C. The Labute approximate surface area is 363 Å². The molecule has 1 aliphatic rings. The zero-order valence-electron chi connectivity index (χ0n) is 38.6. The molecule has 1 aliphatic heterocycles. The molecule has 0 N–H and O–H groups in total. The summed E-state index contributed by atoms with van der Waals surface area (Å²) < 4.78 is 45.8. The summed E-state index contributed by atoms with van der Waals surface area (Å²) in [5.41, 5.74) is 2.61. The number of carbonyl (C=O) groups excluding carboxylic acids is 2. The summed E-state index contributed by atoms with van der Waals surface area (Å²) in [6.45, 7) is 8.33. The molecular formula is C48H82NO10P. The highest BCUT2D eigenvalue weighted by atomic mass is 31.2. The zero-order valence-corrected chi connectivity index (χ0v) is 39.5. The maximum absolute atomic E-state index is 12.7. The van der Waals surface area contributed by atoms with E-state index in [1.165, 1.54) is 43.2 Å². The van der Waals surface area contributed by atoms with Crippen LogP contribution in [0.25, 0.3) is 0 Å². The van der Waals surface area contributed by atoms with E-state index in [1.54, 1.807) is 0 Å². The fraction of sp³-hybridized carbons (Fsp3) is 0.750. The number of esters is 2. The first-order valence-electron chi connectivity index (χ1n) is 23.2. The van der Waals surface area contributed by atoms with Crippen molar-refractivity contribution in [1.29, 1.82) is 0 Å². The monoisotopic (exact) mass is 864 g/mol. The van der Waals surface area contributed by atoms with Crippen LogP contribution in [0.2, 0.25) is 0 Å². The number of allylic oxidation sites excluding steroid dienone is 4. The molecular weight excluding hydrogens is 781 g/mol. The van der Waals surface area contributed by atoms with Crippen molar-refractivity contribution in [2.45, 2.75) is 187 Å². The van der Waals surface area contributed by atoms with Gasteiger partial charge in [-0.15, -0.1) is 0 Å². The van der Waals surface area contributed by atoms with Crippen molar-refractivity contribution in [1.82, 2.24) is 0 Å². The summed E-state index contributed by atoms with van der Waals surface area (Å²) in [6, 6.07) is 0. The number of carbonyl (C=O) groups is 2. The van der Waals surface area contributed by atoms with Crippen LogP contribution in [0.15, 0.2) is 40.9 Å². The van der Waals surface area contributed by atoms with Crippen LogP contribution in [-0.4, -0.2) is 82.2 Å². The van der Waals surface area contributed by atoms with Crippen molar-refractivity contribution in [3.8, 4) is 0 Å². The number of hydrogen-bond donors (Lipinski definition) is 0. The van der Waals surface area contributed by atoms with Gasteiger partial charge in [-0.3, -0.25) is 14.2 Å². The number of quaternary nitrogens is 1. The quantitative estimate of drug-likeness (QED) is 0.0159. The van der Waals surface area contributed by atoms with E-state index in [9.17, 15) is 19.0 Å². The minimum Gasteiger partial charge on any atom is -0.756 e. The molecule has 2 rings (SSSR count). The summed E-state index contributed by atoms with van der Waals surface area (Å²) in [4.78, 5) is 37.7. The number of phosphoric ester groups is 1. The van der Waals surface area contributed by atoms with Crippen molar-refractivity contribution in [3.63, 3.8) is 0 Å². The van der Waals surface area contributed by atoms with Gasteiger partial charge in [0.05, 0.1) is 40.0 Å². The number of hydrogen-bond acceptors (Lipinski definition) is 10. The number of unbranched alkanes of at least 4 members (excludes halogenated alkanes) is 11. The summed E-state index contributed by atoms with van der Waals surface area (Å²) in [5, 5.41) is 0. The number of phosphoric acid groups is 1. The lowest BCUT2D eigenvalue weighted by Gasteiger charge is -2.28. The third-order valence-corrected chi connectivity index (χ3v) is 11.7. The first kappa shape index (κ1) is 53.6. The molecule has 3 unspecified atom stereocenters. The Morgan fingerprint density at radius 1 is 0.700 bits per heavy atom. The van der Waals surface area contributed by atoms with Gasteiger partial charge in [-0.2, -0.15) is 0 Å². The number of aryl methyl sites for hydroxylation is 2. The van der Waals surface area contributed by atoms with Gasteiger partial charge in [-0.25, -0.2) is 0 Å². The minimum atomic E-state index is -4.66. The second-order valence-electron chi connectivity index (χ2n) is 17.4. The Kier molecular flexibility index (Phi) is 28.0. The normalized spacial score (nSPS) is 17.2. The number of furan rings is 1.